The number of aromatic carboxylic acids is 1. The van der Waals surface area contributed by atoms with Gasteiger partial charge in [0.05, 0.1) is 23.2 Å². The topological polar surface area (TPSA) is 122 Å². The monoisotopic (exact) mass is 298 g/mol. The summed E-state index contributed by atoms with van der Waals surface area (Å²) in [5, 5.41) is 32.4. The summed E-state index contributed by atoms with van der Waals surface area (Å²) in [6, 6.07) is 2.37. The van der Waals surface area contributed by atoms with Gasteiger partial charge in [-0.15, -0.1) is 0 Å². The average molecular weight is 298 g/mol. The van der Waals surface area contributed by atoms with Gasteiger partial charge in [0.15, 0.2) is 0 Å². The third kappa shape index (κ3) is 4.69. The second kappa shape index (κ2) is 7.55. The van der Waals surface area contributed by atoms with Crippen LogP contribution in [0.15, 0.2) is 12.1 Å². The van der Waals surface area contributed by atoms with Gasteiger partial charge < -0.3 is 20.3 Å². The summed E-state index contributed by atoms with van der Waals surface area (Å²) in [6.45, 7) is 2.07. The van der Waals surface area contributed by atoms with Crippen LogP contribution >= 0.6 is 0 Å². The van der Waals surface area contributed by atoms with Crippen LogP contribution in [-0.2, 0) is 4.74 Å². The van der Waals surface area contributed by atoms with Crippen LogP contribution < -0.4 is 5.32 Å². The fraction of sp³-hybridized carbons (Fsp3) is 0.462. The number of methoxy groups -OCH3 is 1. The predicted octanol–water partition coefficient (Wildman–Crippen LogP) is 1.41. The zero-order chi connectivity index (χ0) is 16.0. The first-order chi connectivity index (χ1) is 9.86. The van der Waals surface area contributed by atoms with Crippen molar-refractivity contribution in [3.63, 3.8) is 0 Å². The third-order valence-electron chi connectivity index (χ3n) is 2.98. The lowest BCUT2D eigenvalue weighted by molar-refractivity contribution is -0.385. The van der Waals surface area contributed by atoms with E-state index >= 15 is 0 Å². The van der Waals surface area contributed by atoms with Crippen molar-refractivity contribution in [2.45, 2.75) is 19.4 Å². The van der Waals surface area contributed by atoms with E-state index in [0.717, 1.165) is 6.07 Å². The quantitative estimate of drug-likeness (QED) is 0.490. The second-order valence-corrected chi connectivity index (χ2v) is 4.55. The molecule has 21 heavy (non-hydrogen) atoms. The van der Waals surface area contributed by atoms with Crippen molar-refractivity contribution in [1.29, 1.82) is 0 Å². The molecule has 0 saturated carbocycles. The number of carbonyl (C=O) groups is 1. The van der Waals surface area contributed by atoms with Crippen molar-refractivity contribution in [3.05, 3.63) is 33.4 Å². The SMILES string of the molecule is COCC(O)CCNc1cc(C(=O)O)cc([N+](=O)[O-])c1C. The lowest BCUT2D eigenvalue weighted by atomic mass is 10.1. The first kappa shape index (κ1) is 16.9. The van der Waals surface area contributed by atoms with Crippen molar-refractivity contribution < 1.29 is 24.7 Å². The molecule has 0 amide bonds. The molecule has 1 aromatic rings. The second-order valence-electron chi connectivity index (χ2n) is 4.55. The molecule has 0 fully saturated rings. The van der Waals surface area contributed by atoms with Crippen LogP contribution in [0.3, 0.4) is 0 Å². The summed E-state index contributed by atoms with van der Waals surface area (Å²) in [5.41, 5.74) is 0.305. The smallest absolute Gasteiger partial charge is 0.336 e. The molecule has 0 aromatic heterocycles. The summed E-state index contributed by atoms with van der Waals surface area (Å²) < 4.78 is 4.79. The minimum Gasteiger partial charge on any atom is -0.478 e. The van der Waals surface area contributed by atoms with E-state index in [1.807, 2.05) is 0 Å². The van der Waals surface area contributed by atoms with E-state index in [0.29, 0.717) is 24.2 Å². The van der Waals surface area contributed by atoms with Gasteiger partial charge in [0, 0.05) is 31.0 Å². The molecule has 0 heterocycles. The lowest BCUT2D eigenvalue weighted by Gasteiger charge is -2.13. The maximum absolute atomic E-state index is 11.0. The Balaban J connectivity index is 2.90. The summed E-state index contributed by atoms with van der Waals surface area (Å²) in [6.07, 6.45) is -0.279. The van der Waals surface area contributed by atoms with E-state index < -0.39 is 17.0 Å². The van der Waals surface area contributed by atoms with Crippen molar-refractivity contribution in [2.24, 2.45) is 0 Å². The minimum absolute atomic E-state index is 0.160. The lowest BCUT2D eigenvalue weighted by Crippen LogP contribution is -2.18. The number of aliphatic hydroxyl groups is 1. The first-order valence-electron chi connectivity index (χ1n) is 6.30. The number of carboxylic acid groups (broad SMARTS) is 1. The fourth-order valence-electron chi connectivity index (χ4n) is 1.84. The molecule has 0 bridgehead atoms. The summed E-state index contributed by atoms with van der Waals surface area (Å²) in [4.78, 5) is 21.3. The highest BCUT2D eigenvalue weighted by atomic mass is 16.6. The van der Waals surface area contributed by atoms with Gasteiger partial charge in [-0.05, 0) is 19.4 Å². The minimum atomic E-state index is -1.24. The Morgan fingerprint density at radius 2 is 2.19 bits per heavy atom. The molecule has 3 N–H and O–H groups in total. The Bertz CT molecular complexity index is 532. The van der Waals surface area contributed by atoms with Crippen LogP contribution in [0, 0.1) is 17.0 Å². The van der Waals surface area contributed by atoms with E-state index in [-0.39, 0.29) is 17.9 Å². The number of benzene rings is 1. The van der Waals surface area contributed by atoms with Gasteiger partial charge in [0.25, 0.3) is 5.69 Å². The highest BCUT2D eigenvalue weighted by Gasteiger charge is 2.19. The number of anilines is 1. The van der Waals surface area contributed by atoms with Crippen molar-refractivity contribution in [2.75, 3.05) is 25.6 Å². The Labute approximate surface area is 121 Å². The molecule has 0 aliphatic heterocycles. The van der Waals surface area contributed by atoms with Crippen LogP contribution in [0.5, 0.6) is 0 Å². The van der Waals surface area contributed by atoms with Crippen molar-refractivity contribution in [1.82, 2.24) is 0 Å². The molecule has 0 aliphatic rings. The van der Waals surface area contributed by atoms with Crippen LogP contribution in [-0.4, -0.2) is 47.5 Å². The zero-order valence-electron chi connectivity index (χ0n) is 11.8. The molecule has 0 spiro atoms. The fourth-order valence-corrected chi connectivity index (χ4v) is 1.84. The number of rotatable bonds is 8. The van der Waals surface area contributed by atoms with Crippen molar-refractivity contribution in [3.8, 4) is 0 Å². The van der Waals surface area contributed by atoms with E-state index in [4.69, 9.17) is 9.84 Å². The molecular formula is C13H18N2O6. The standard InChI is InChI=1S/C13H18N2O6/c1-8-11(14-4-3-10(16)7-21-2)5-9(13(17)18)6-12(8)15(19)20/h5-6,10,14,16H,3-4,7H2,1-2H3,(H,17,18). The number of carboxylic acids is 1. The number of nitrogens with one attached hydrogen (secondary N) is 1. The van der Waals surface area contributed by atoms with Gasteiger partial charge >= 0.3 is 5.97 Å². The molecule has 8 nitrogen and oxygen atoms in total. The molecule has 1 atom stereocenters. The average Bonchev–Trinajstić information content (AvgIpc) is 2.40. The molecule has 0 radical (unpaired) electrons. The summed E-state index contributed by atoms with van der Waals surface area (Å²) in [7, 11) is 1.47. The normalized spacial score (nSPS) is 12.0. The number of nitro groups is 1. The van der Waals surface area contributed by atoms with Crippen LogP contribution in [0.25, 0.3) is 0 Å². The Morgan fingerprint density at radius 1 is 1.52 bits per heavy atom. The van der Waals surface area contributed by atoms with E-state index in [2.05, 4.69) is 5.32 Å². The largest absolute Gasteiger partial charge is 0.478 e. The number of aliphatic hydroxyl groups excluding tert-OH is 1. The number of ether oxygens (including phenoxy) is 1. The van der Waals surface area contributed by atoms with Gasteiger partial charge in [-0.1, -0.05) is 0 Å². The van der Waals surface area contributed by atoms with Crippen LogP contribution in [0.1, 0.15) is 22.3 Å². The van der Waals surface area contributed by atoms with Gasteiger partial charge in [-0.25, -0.2) is 4.79 Å². The molecule has 0 aliphatic carbocycles. The Kier molecular flexibility index (Phi) is 6.07. The Morgan fingerprint density at radius 3 is 2.71 bits per heavy atom. The molecular weight excluding hydrogens is 280 g/mol. The van der Waals surface area contributed by atoms with E-state index in [9.17, 15) is 20.0 Å². The van der Waals surface area contributed by atoms with Gasteiger partial charge in [-0.3, -0.25) is 10.1 Å². The molecule has 0 saturated heterocycles. The zero-order valence-corrected chi connectivity index (χ0v) is 11.8. The number of nitro benzene ring substituents is 1. The van der Waals surface area contributed by atoms with Crippen molar-refractivity contribution >= 4 is 17.3 Å². The Hall–Kier alpha value is -2.19. The van der Waals surface area contributed by atoms with Crippen LogP contribution in [0.4, 0.5) is 11.4 Å². The summed E-state index contributed by atoms with van der Waals surface area (Å²) in [5.74, 6) is -1.24. The molecule has 8 heteroatoms. The van der Waals surface area contributed by atoms with Crippen LogP contribution in [0.2, 0.25) is 0 Å². The molecule has 116 valence electrons. The highest BCUT2D eigenvalue weighted by Crippen LogP contribution is 2.27. The number of hydrogen-bond acceptors (Lipinski definition) is 6. The van der Waals surface area contributed by atoms with Gasteiger partial charge in [0.1, 0.15) is 0 Å². The van der Waals surface area contributed by atoms with Gasteiger partial charge in [-0.2, -0.15) is 0 Å². The number of nitrogens with zero attached hydrogens (tertiary/aromatic N) is 1. The summed E-state index contributed by atoms with van der Waals surface area (Å²) >= 11 is 0. The maximum Gasteiger partial charge on any atom is 0.336 e. The molecule has 1 rings (SSSR count). The first-order valence-corrected chi connectivity index (χ1v) is 6.30. The number of hydrogen-bond donors (Lipinski definition) is 3. The highest BCUT2D eigenvalue weighted by molar-refractivity contribution is 5.90. The molecule has 1 unspecified atom stereocenters. The maximum atomic E-state index is 11.0. The predicted molar refractivity (Wildman–Crippen MR) is 75.8 cm³/mol. The van der Waals surface area contributed by atoms with Gasteiger partial charge in [0.2, 0.25) is 0 Å². The third-order valence-corrected chi connectivity index (χ3v) is 2.98. The molecule has 1 aromatic carbocycles. The van der Waals surface area contributed by atoms with E-state index in [1.54, 1.807) is 0 Å². The van der Waals surface area contributed by atoms with E-state index in [1.165, 1.54) is 20.1 Å².